The zero-order valence-electron chi connectivity index (χ0n) is 13.9. The van der Waals surface area contributed by atoms with Crippen molar-refractivity contribution in [3.63, 3.8) is 0 Å². The molecule has 0 bridgehead atoms. The summed E-state index contributed by atoms with van der Waals surface area (Å²) in [6, 6.07) is 5.89. The van der Waals surface area contributed by atoms with Gasteiger partial charge in [-0.1, -0.05) is 6.07 Å². The van der Waals surface area contributed by atoms with Gasteiger partial charge in [0.25, 0.3) is 0 Å². The standard InChI is InChI=1S/C16H30N4O3/c1-13(14-2-3-15(18)16(19)12-14)20-5-7-22-9-11-23-10-8-21-6-4-17/h2-3,12-13,20H,4-11,17-19H2,1H3. The topological polar surface area (TPSA) is 118 Å². The van der Waals surface area contributed by atoms with Gasteiger partial charge in [0.05, 0.1) is 51.0 Å². The fraction of sp³-hybridized carbons (Fsp3) is 0.625. The van der Waals surface area contributed by atoms with Crippen LogP contribution in [0.15, 0.2) is 18.2 Å². The van der Waals surface area contributed by atoms with E-state index in [2.05, 4.69) is 12.2 Å². The molecule has 0 saturated carbocycles. The van der Waals surface area contributed by atoms with Gasteiger partial charge in [-0.15, -0.1) is 0 Å². The van der Waals surface area contributed by atoms with Crippen LogP contribution in [0, 0.1) is 0 Å². The van der Waals surface area contributed by atoms with Crippen molar-refractivity contribution in [1.82, 2.24) is 5.32 Å². The van der Waals surface area contributed by atoms with Gasteiger partial charge in [0.15, 0.2) is 0 Å². The fourth-order valence-corrected chi connectivity index (χ4v) is 1.95. The van der Waals surface area contributed by atoms with Crippen LogP contribution in [-0.4, -0.2) is 52.7 Å². The molecule has 1 aromatic carbocycles. The lowest BCUT2D eigenvalue weighted by Crippen LogP contribution is -2.24. The Balaban J connectivity index is 1.99. The van der Waals surface area contributed by atoms with Gasteiger partial charge < -0.3 is 36.7 Å². The Labute approximate surface area is 138 Å². The van der Waals surface area contributed by atoms with Gasteiger partial charge in [-0.05, 0) is 24.6 Å². The molecule has 1 atom stereocenters. The van der Waals surface area contributed by atoms with Crippen LogP contribution in [0.2, 0.25) is 0 Å². The highest BCUT2D eigenvalue weighted by Crippen LogP contribution is 2.20. The van der Waals surface area contributed by atoms with E-state index in [9.17, 15) is 0 Å². The number of hydrogen-bond acceptors (Lipinski definition) is 7. The van der Waals surface area contributed by atoms with Gasteiger partial charge in [-0.25, -0.2) is 0 Å². The molecule has 0 saturated heterocycles. The van der Waals surface area contributed by atoms with Gasteiger partial charge in [0.1, 0.15) is 0 Å². The second-order valence-corrected chi connectivity index (χ2v) is 5.19. The second kappa shape index (κ2) is 12.1. The van der Waals surface area contributed by atoms with Crippen molar-refractivity contribution in [3.05, 3.63) is 23.8 Å². The maximum Gasteiger partial charge on any atom is 0.0701 e. The fourth-order valence-electron chi connectivity index (χ4n) is 1.95. The van der Waals surface area contributed by atoms with Crippen molar-refractivity contribution in [2.75, 3.05) is 64.2 Å². The molecule has 0 fully saturated rings. The van der Waals surface area contributed by atoms with Crippen molar-refractivity contribution in [3.8, 4) is 0 Å². The number of benzene rings is 1. The van der Waals surface area contributed by atoms with Gasteiger partial charge in [-0.3, -0.25) is 0 Å². The molecule has 7 heteroatoms. The van der Waals surface area contributed by atoms with Crippen LogP contribution in [0.1, 0.15) is 18.5 Å². The van der Waals surface area contributed by atoms with Gasteiger partial charge in [0.2, 0.25) is 0 Å². The number of nitrogen functional groups attached to an aromatic ring is 2. The lowest BCUT2D eigenvalue weighted by Gasteiger charge is -2.15. The van der Waals surface area contributed by atoms with Crippen molar-refractivity contribution in [2.45, 2.75) is 13.0 Å². The van der Waals surface area contributed by atoms with E-state index in [0.29, 0.717) is 57.6 Å². The average molecular weight is 326 g/mol. The van der Waals surface area contributed by atoms with E-state index in [1.54, 1.807) is 0 Å². The zero-order chi connectivity index (χ0) is 16.9. The summed E-state index contributed by atoms with van der Waals surface area (Å²) in [6.07, 6.45) is 0. The van der Waals surface area contributed by atoms with Crippen molar-refractivity contribution >= 4 is 11.4 Å². The molecule has 7 nitrogen and oxygen atoms in total. The first kappa shape index (κ1) is 19.7. The number of ether oxygens (including phenoxy) is 3. The van der Waals surface area contributed by atoms with E-state index in [1.165, 1.54) is 0 Å². The van der Waals surface area contributed by atoms with E-state index in [4.69, 9.17) is 31.4 Å². The highest BCUT2D eigenvalue weighted by atomic mass is 16.5. The first-order valence-electron chi connectivity index (χ1n) is 7.96. The van der Waals surface area contributed by atoms with Crippen LogP contribution in [0.5, 0.6) is 0 Å². The Morgan fingerprint density at radius 1 is 0.913 bits per heavy atom. The summed E-state index contributed by atoms with van der Waals surface area (Å²) >= 11 is 0. The molecular formula is C16H30N4O3. The van der Waals surface area contributed by atoms with E-state index in [-0.39, 0.29) is 6.04 Å². The van der Waals surface area contributed by atoms with E-state index in [0.717, 1.165) is 12.1 Å². The first-order valence-corrected chi connectivity index (χ1v) is 7.96. The van der Waals surface area contributed by atoms with Crippen LogP contribution in [-0.2, 0) is 14.2 Å². The Bertz CT molecular complexity index is 432. The minimum Gasteiger partial charge on any atom is -0.397 e. The summed E-state index contributed by atoms with van der Waals surface area (Å²) in [5.41, 5.74) is 19.2. The maximum absolute atomic E-state index is 5.81. The van der Waals surface area contributed by atoms with Crippen molar-refractivity contribution in [2.24, 2.45) is 5.73 Å². The maximum atomic E-state index is 5.81. The smallest absolute Gasteiger partial charge is 0.0701 e. The molecule has 1 unspecified atom stereocenters. The van der Waals surface area contributed by atoms with Gasteiger partial charge in [0, 0.05) is 19.1 Å². The molecule has 7 N–H and O–H groups in total. The van der Waals surface area contributed by atoms with E-state index < -0.39 is 0 Å². The summed E-state index contributed by atoms with van der Waals surface area (Å²) in [5, 5.41) is 3.38. The number of rotatable bonds is 13. The summed E-state index contributed by atoms with van der Waals surface area (Å²) in [6.45, 7) is 6.85. The molecule has 0 aliphatic carbocycles. The summed E-state index contributed by atoms with van der Waals surface area (Å²) in [5.74, 6) is 0. The lowest BCUT2D eigenvalue weighted by molar-refractivity contribution is 0.0163. The monoisotopic (exact) mass is 326 g/mol. The van der Waals surface area contributed by atoms with E-state index in [1.807, 2.05) is 18.2 Å². The summed E-state index contributed by atoms with van der Waals surface area (Å²) < 4.78 is 16.1. The molecular weight excluding hydrogens is 296 g/mol. The second-order valence-electron chi connectivity index (χ2n) is 5.19. The van der Waals surface area contributed by atoms with Gasteiger partial charge >= 0.3 is 0 Å². The van der Waals surface area contributed by atoms with Crippen LogP contribution >= 0.6 is 0 Å². The van der Waals surface area contributed by atoms with Crippen LogP contribution < -0.4 is 22.5 Å². The number of anilines is 2. The largest absolute Gasteiger partial charge is 0.397 e. The molecule has 132 valence electrons. The minimum atomic E-state index is 0.192. The van der Waals surface area contributed by atoms with Crippen LogP contribution in [0.3, 0.4) is 0 Å². The third-order valence-corrected chi connectivity index (χ3v) is 3.31. The number of hydrogen-bond donors (Lipinski definition) is 4. The highest BCUT2D eigenvalue weighted by molar-refractivity contribution is 5.64. The van der Waals surface area contributed by atoms with Crippen molar-refractivity contribution in [1.29, 1.82) is 0 Å². The third-order valence-electron chi connectivity index (χ3n) is 3.31. The Morgan fingerprint density at radius 2 is 1.52 bits per heavy atom. The Morgan fingerprint density at radius 3 is 2.13 bits per heavy atom. The molecule has 23 heavy (non-hydrogen) atoms. The first-order chi connectivity index (χ1) is 11.1. The predicted molar refractivity (Wildman–Crippen MR) is 93.2 cm³/mol. The molecule has 1 rings (SSSR count). The molecule has 0 aliphatic rings. The Kier molecular flexibility index (Phi) is 10.3. The minimum absolute atomic E-state index is 0.192. The molecule has 0 aliphatic heterocycles. The van der Waals surface area contributed by atoms with Crippen molar-refractivity contribution < 1.29 is 14.2 Å². The SMILES string of the molecule is CC(NCCOCCOCCOCCN)c1ccc(N)c(N)c1. The summed E-state index contributed by atoms with van der Waals surface area (Å²) in [4.78, 5) is 0. The highest BCUT2D eigenvalue weighted by Gasteiger charge is 2.05. The zero-order valence-corrected chi connectivity index (χ0v) is 13.9. The van der Waals surface area contributed by atoms with Crippen LogP contribution in [0.25, 0.3) is 0 Å². The quantitative estimate of drug-likeness (QED) is 0.308. The van der Waals surface area contributed by atoms with Crippen LogP contribution in [0.4, 0.5) is 11.4 Å². The van der Waals surface area contributed by atoms with E-state index >= 15 is 0 Å². The molecule has 0 radical (unpaired) electrons. The molecule has 0 spiro atoms. The average Bonchev–Trinajstić information content (AvgIpc) is 2.55. The molecule has 0 aromatic heterocycles. The number of nitrogens with two attached hydrogens (primary N) is 3. The lowest BCUT2D eigenvalue weighted by atomic mass is 10.1. The Hall–Kier alpha value is -1.38. The molecule has 0 amide bonds. The molecule has 0 heterocycles. The third kappa shape index (κ3) is 8.73. The number of nitrogens with one attached hydrogen (secondary N) is 1. The summed E-state index contributed by atoms with van der Waals surface area (Å²) in [7, 11) is 0. The predicted octanol–water partition coefficient (Wildman–Crippen LogP) is 0.510. The van der Waals surface area contributed by atoms with Gasteiger partial charge in [-0.2, -0.15) is 0 Å². The molecule has 1 aromatic rings. The normalized spacial score (nSPS) is 12.4.